The van der Waals surface area contributed by atoms with Crippen molar-refractivity contribution < 1.29 is 0 Å². The molecule has 0 aliphatic carbocycles. The van der Waals surface area contributed by atoms with E-state index in [1.54, 1.807) is 0 Å². The first kappa shape index (κ1) is 10.7. The van der Waals surface area contributed by atoms with Crippen molar-refractivity contribution in [2.45, 2.75) is 27.2 Å². The Labute approximate surface area is 75.0 Å². The van der Waals surface area contributed by atoms with E-state index < -0.39 is 0 Å². The lowest BCUT2D eigenvalue weighted by Crippen LogP contribution is -2.39. The van der Waals surface area contributed by atoms with Gasteiger partial charge in [-0.3, -0.25) is 0 Å². The molecule has 0 amide bonds. The van der Waals surface area contributed by atoms with Gasteiger partial charge in [0.2, 0.25) is 0 Å². The molecule has 0 aromatic heterocycles. The van der Waals surface area contributed by atoms with Crippen LogP contribution in [0.3, 0.4) is 0 Å². The lowest BCUT2D eigenvalue weighted by Gasteiger charge is -2.22. The number of thiocarbonyl (C=S) groups is 1. The van der Waals surface area contributed by atoms with Crippen LogP contribution < -0.4 is 5.32 Å². The van der Waals surface area contributed by atoms with Crippen molar-refractivity contribution in [3.63, 3.8) is 0 Å². The van der Waals surface area contributed by atoms with Gasteiger partial charge in [0.15, 0.2) is 5.11 Å². The normalized spacial score (nSPS) is 9.36. The van der Waals surface area contributed by atoms with Gasteiger partial charge in [0, 0.05) is 19.6 Å². The summed E-state index contributed by atoms with van der Waals surface area (Å²) in [5.74, 6) is 0. The fourth-order valence-corrected chi connectivity index (χ4v) is 1.21. The quantitative estimate of drug-likeness (QED) is 0.652. The van der Waals surface area contributed by atoms with E-state index in [1.807, 2.05) is 0 Å². The molecule has 0 bridgehead atoms. The molecule has 0 radical (unpaired) electrons. The highest BCUT2D eigenvalue weighted by atomic mass is 32.1. The molecule has 66 valence electrons. The molecule has 0 spiro atoms. The highest BCUT2D eigenvalue weighted by molar-refractivity contribution is 7.80. The van der Waals surface area contributed by atoms with Crippen LogP contribution in [0.4, 0.5) is 0 Å². The summed E-state index contributed by atoms with van der Waals surface area (Å²) in [5, 5.41) is 4.08. The zero-order valence-electron chi connectivity index (χ0n) is 7.68. The maximum atomic E-state index is 5.15. The molecule has 0 atom stereocenters. The molecule has 0 rings (SSSR count). The minimum absolute atomic E-state index is 0.886. The largest absolute Gasteiger partial charge is 0.363 e. The Kier molecular flexibility index (Phi) is 6.22. The number of nitrogens with one attached hydrogen (secondary N) is 1. The summed E-state index contributed by atoms with van der Waals surface area (Å²) in [7, 11) is 0. The smallest absolute Gasteiger partial charge is 0.168 e. The van der Waals surface area contributed by atoms with Crippen LogP contribution in [0.2, 0.25) is 0 Å². The van der Waals surface area contributed by atoms with E-state index >= 15 is 0 Å². The third kappa shape index (κ3) is 4.19. The summed E-state index contributed by atoms with van der Waals surface area (Å²) in [6.07, 6.45) is 1.13. The Bertz CT molecular complexity index is 111. The highest BCUT2D eigenvalue weighted by Crippen LogP contribution is 1.88. The first-order chi connectivity index (χ1) is 5.26. The highest BCUT2D eigenvalue weighted by Gasteiger charge is 2.01. The van der Waals surface area contributed by atoms with E-state index in [9.17, 15) is 0 Å². The van der Waals surface area contributed by atoms with Gasteiger partial charge in [0.1, 0.15) is 0 Å². The Morgan fingerprint density at radius 2 is 1.82 bits per heavy atom. The zero-order valence-corrected chi connectivity index (χ0v) is 8.50. The molecule has 0 heterocycles. The van der Waals surface area contributed by atoms with Gasteiger partial charge >= 0.3 is 0 Å². The van der Waals surface area contributed by atoms with Gasteiger partial charge < -0.3 is 10.2 Å². The third-order valence-electron chi connectivity index (χ3n) is 1.58. The monoisotopic (exact) mass is 174 g/mol. The second-order valence-electron chi connectivity index (χ2n) is 2.40. The molecular weight excluding hydrogens is 156 g/mol. The van der Waals surface area contributed by atoms with E-state index in [2.05, 4.69) is 31.0 Å². The molecule has 11 heavy (non-hydrogen) atoms. The molecular formula is C8H18N2S. The van der Waals surface area contributed by atoms with Gasteiger partial charge in [-0.1, -0.05) is 6.92 Å². The summed E-state index contributed by atoms with van der Waals surface area (Å²) in [4.78, 5) is 2.14. The first-order valence-corrected chi connectivity index (χ1v) is 4.69. The number of nitrogens with zero attached hydrogens (tertiary/aromatic N) is 1. The fraction of sp³-hybridized carbons (Fsp3) is 0.875. The van der Waals surface area contributed by atoms with Crippen LogP contribution in [0, 0.1) is 0 Å². The van der Waals surface area contributed by atoms with E-state index in [1.165, 1.54) is 0 Å². The van der Waals surface area contributed by atoms with Gasteiger partial charge in [0.25, 0.3) is 0 Å². The lowest BCUT2D eigenvalue weighted by molar-refractivity contribution is 0.456. The van der Waals surface area contributed by atoms with E-state index in [-0.39, 0.29) is 0 Å². The van der Waals surface area contributed by atoms with Gasteiger partial charge in [-0.25, -0.2) is 0 Å². The van der Waals surface area contributed by atoms with Crippen LogP contribution in [0.1, 0.15) is 27.2 Å². The average Bonchev–Trinajstić information content (AvgIpc) is 2.03. The topological polar surface area (TPSA) is 15.3 Å². The molecule has 3 heteroatoms. The van der Waals surface area contributed by atoms with Gasteiger partial charge in [-0.15, -0.1) is 0 Å². The first-order valence-electron chi connectivity index (χ1n) is 4.29. The maximum Gasteiger partial charge on any atom is 0.168 e. The minimum Gasteiger partial charge on any atom is -0.363 e. The molecule has 1 N–H and O–H groups in total. The Hall–Kier alpha value is -0.310. The van der Waals surface area contributed by atoms with Crippen molar-refractivity contribution in [2.75, 3.05) is 19.6 Å². The van der Waals surface area contributed by atoms with Crippen LogP contribution in [-0.2, 0) is 0 Å². The summed E-state index contributed by atoms with van der Waals surface area (Å²) in [6, 6.07) is 0. The van der Waals surface area contributed by atoms with Crippen LogP contribution in [-0.4, -0.2) is 29.6 Å². The van der Waals surface area contributed by atoms with E-state index in [4.69, 9.17) is 12.2 Å². The van der Waals surface area contributed by atoms with Gasteiger partial charge in [-0.2, -0.15) is 0 Å². The standard InChI is InChI=1S/C8H18N2S/c1-4-7-9-8(11)10(5-2)6-3/h4-7H2,1-3H3,(H,9,11). The van der Waals surface area contributed by atoms with Crippen LogP contribution in [0.5, 0.6) is 0 Å². The zero-order chi connectivity index (χ0) is 8.69. The average molecular weight is 174 g/mol. The molecule has 2 nitrogen and oxygen atoms in total. The second kappa shape index (κ2) is 6.40. The van der Waals surface area contributed by atoms with Gasteiger partial charge in [0.05, 0.1) is 0 Å². The summed E-state index contributed by atoms with van der Waals surface area (Å²) < 4.78 is 0. The predicted molar refractivity (Wildman–Crippen MR) is 53.8 cm³/mol. The maximum absolute atomic E-state index is 5.15. The van der Waals surface area contributed by atoms with E-state index in [0.29, 0.717) is 0 Å². The summed E-state index contributed by atoms with van der Waals surface area (Å²) >= 11 is 5.15. The molecule has 0 unspecified atom stereocenters. The number of rotatable bonds is 4. The van der Waals surface area contributed by atoms with Crippen molar-refractivity contribution >= 4 is 17.3 Å². The third-order valence-corrected chi connectivity index (χ3v) is 1.98. The van der Waals surface area contributed by atoms with Crippen molar-refractivity contribution in [1.82, 2.24) is 10.2 Å². The molecule has 0 aromatic carbocycles. The van der Waals surface area contributed by atoms with Crippen LogP contribution in [0.25, 0.3) is 0 Å². The summed E-state index contributed by atoms with van der Waals surface area (Å²) in [5.41, 5.74) is 0. The van der Waals surface area contributed by atoms with Crippen molar-refractivity contribution in [2.24, 2.45) is 0 Å². The Morgan fingerprint density at radius 1 is 1.27 bits per heavy atom. The molecule has 0 aliphatic heterocycles. The van der Waals surface area contributed by atoms with Crippen LogP contribution in [0.15, 0.2) is 0 Å². The fourth-order valence-electron chi connectivity index (χ4n) is 0.855. The number of hydrogen-bond donors (Lipinski definition) is 1. The minimum atomic E-state index is 0.886. The lowest BCUT2D eigenvalue weighted by atomic mass is 10.5. The van der Waals surface area contributed by atoms with Crippen molar-refractivity contribution in [3.05, 3.63) is 0 Å². The molecule has 0 aromatic rings. The summed E-state index contributed by atoms with van der Waals surface area (Å²) in [6.45, 7) is 9.33. The van der Waals surface area contributed by atoms with Crippen molar-refractivity contribution in [1.29, 1.82) is 0 Å². The SMILES string of the molecule is CCCNC(=S)N(CC)CC. The molecule has 0 saturated carbocycles. The van der Waals surface area contributed by atoms with Gasteiger partial charge in [-0.05, 0) is 32.5 Å². The molecule has 0 saturated heterocycles. The Balaban J connectivity index is 3.61. The Morgan fingerprint density at radius 3 is 2.18 bits per heavy atom. The van der Waals surface area contributed by atoms with Crippen LogP contribution >= 0.6 is 12.2 Å². The molecule has 0 aliphatic rings. The predicted octanol–water partition coefficient (Wildman–Crippen LogP) is 1.61. The second-order valence-corrected chi connectivity index (χ2v) is 2.79. The molecule has 0 fully saturated rings. The van der Waals surface area contributed by atoms with E-state index in [0.717, 1.165) is 31.2 Å². The number of hydrogen-bond acceptors (Lipinski definition) is 1. The van der Waals surface area contributed by atoms with Crippen molar-refractivity contribution in [3.8, 4) is 0 Å².